The largest absolute Gasteiger partial charge is 0.481 e. The fraction of sp³-hybridized carbons (Fsp3) is 0.429. The molecule has 4 heterocycles. The van der Waals surface area contributed by atoms with Gasteiger partial charge in [0.2, 0.25) is 11.8 Å². The van der Waals surface area contributed by atoms with Crippen LogP contribution in [0, 0.1) is 0 Å². The molecule has 8 heteroatoms. The second-order valence-corrected chi connectivity index (χ2v) is 7.31. The van der Waals surface area contributed by atoms with E-state index in [-0.39, 0.29) is 11.9 Å². The molecule has 0 bridgehead atoms. The number of amides is 1. The third-order valence-corrected chi connectivity index (χ3v) is 5.48. The molecule has 0 aromatic carbocycles. The summed E-state index contributed by atoms with van der Waals surface area (Å²) in [6, 6.07) is 7.99. The molecule has 1 amide bonds. The van der Waals surface area contributed by atoms with Crippen molar-refractivity contribution in [1.82, 2.24) is 24.5 Å². The van der Waals surface area contributed by atoms with Crippen molar-refractivity contribution in [2.24, 2.45) is 0 Å². The maximum Gasteiger partial charge on any atom is 0.222 e. The molecule has 1 aliphatic heterocycles. The Labute approximate surface area is 170 Å². The quantitative estimate of drug-likeness (QED) is 0.640. The van der Waals surface area contributed by atoms with Crippen LogP contribution in [0.4, 0.5) is 5.82 Å². The minimum Gasteiger partial charge on any atom is -0.481 e. The lowest BCUT2D eigenvalue weighted by Gasteiger charge is -2.25. The predicted octanol–water partition coefficient (Wildman–Crippen LogP) is 2.64. The highest BCUT2D eigenvalue weighted by Crippen LogP contribution is 2.29. The third kappa shape index (κ3) is 3.62. The first-order valence-electron chi connectivity index (χ1n) is 9.97. The number of aromatic nitrogens is 4. The van der Waals surface area contributed by atoms with Crippen molar-refractivity contribution in [1.29, 1.82) is 0 Å². The summed E-state index contributed by atoms with van der Waals surface area (Å²) >= 11 is 0. The summed E-state index contributed by atoms with van der Waals surface area (Å²) in [5.74, 6) is 1.63. The van der Waals surface area contributed by atoms with E-state index >= 15 is 0 Å². The molecule has 0 spiro atoms. The highest BCUT2D eigenvalue weighted by Gasteiger charge is 2.29. The van der Waals surface area contributed by atoms with Gasteiger partial charge in [-0.25, -0.2) is 14.5 Å². The minimum absolute atomic E-state index is 0.211. The van der Waals surface area contributed by atoms with E-state index < -0.39 is 0 Å². The molecule has 8 nitrogen and oxygen atoms in total. The number of fused-ring (bicyclic) bond motifs is 1. The Morgan fingerprint density at radius 1 is 1.31 bits per heavy atom. The van der Waals surface area contributed by atoms with Crippen LogP contribution in [0.25, 0.3) is 16.9 Å². The average molecular weight is 394 g/mol. The number of imidazole rings is 1. The minimum atomic E-state index is 0.211. The zero-order valence-electron chi connectivity index (χ0n) is 17.1. The molecule has 0 saturated carbocycles. The van der Waals surface area contributed by atoms with Crippen LogP contribution in [-0.4, -0.2) is 63.7 Å². The highest BCUT2D eigenvalue weighted by molar-refractivity contribution is 5.76. The van der Waals surface area contributed by atoms with Gasteiger partial charge < -0.3 is 14.5 Å². The molecule has 3 aromatic heterocycles. The Balaban J connectivity index is 1.61. The van der Waals surface area contributed by atoms with Gasteiger partial charge in [-0.3, -0.25) is 4.79 Å². The van der Waals surface area contributed by atoms with Gasteiger partial charge in [-0.1, -0.05) is 6.92 Å². The molecule has 1 saturated heterocycles. The molecule has 152 valence electrons. The standard InChI is InChI=1S/C21H26N6O2/c1-4-6-20(28)25(2)15-10-12-26(14-15)19-9-8-18-23-13-17(27(18)24-19)16-7-5-11-22-21(16)29-3/h5,7-9,11,13,15H,4,6,10,12,14H2,1-3H3. The van der Waals surface area contributed by atoms with Crippen LogP contribution in [0.5, 0.6) is 5.88 Å². The number of ether oxygens (including phenoxy) is 1. The number of methoxy groups -OCH3 is 1. The van der Waals surface area contributed by atoms with E-state index in [9.17, 15) is 4.79 Å². The van der Waals surface area contributed by atoms with Crippen LogP contribution in [0.1, 0.15) is 26.2 Å². The van der Waals surface area contributed by atoms with Gasteiger partial charge in [-0.05, 0) is 37.1 Å². The van der Waals surface area contributed by atoms with E-state index in [0.717, 1.165) is 48.7 Å². The van der Waals surface area contributed by atoms with Crippen LogP contribution in [0.3, 0.4) is 0 Å². The summed E-state index contributed by atoms with van der Waals surface area (Å²) in [6.07, 6.45) is 5.90. The van der Waals surface area contributed by atoms with E-state index in [0.29, 0.717) is 12.3 Å². The van der Waals surface area contributed by atoms with Crippen LogP contribution >= 0.6 is 0 Å². The topological polar surface area (TPSA) is 75.9 Å². The van der Waals surface area contributed by atoms with Gasteiger partial charge in [0.25, 0.3) is 0 Å². The summed E-state index contributed by atoms with van der Waals surface area (Å²) < 4.78 is 7.23. The van der Waals surface area contributed by atoms with Crippen LogP contribution < -0.4 is 9.64 Å². The monoisotopic (exact) mass is 394 g/mol. The molecule has 3 aromatic rings. The summed E-state index contributed by atoms with van der Waals surface area (Å²) in [5, 5.41) is 4.84. The molecule has 0 aliphatic carbocycles. The first kappa shape index (κ1) is 19.2. The summed E-state index contributed by atoms with van der Waals surface area (Å²) in [7, 11) is 3.51. The van der Waals surface area contributed by atoms with Crippen molar-refractivity contribution < 1.29 is 9.53 Å². The number of hydrogen-bond donors (Lipinski definition) is 0. The van der Waals surface area contributed by atoms with Gasteiger partial charge in [0.05, 0.1) is 30.6 Å². The lowest BCUT2D eigenvalue weighted by Crippen LogP contribution is -2.39. The van der Waals surface area contributed by atoms with Gasteiger partial charge in [0.15, 0.2) is 5.65 Å². The Morgan fingerprint density at radius 2 is 2.17 bits per heavy atom. The van der Waals surface area contributed by atoms with Crippen molar-refractivity contribution in [3.63, 3.8) is 0 Å². The second-order valence-electron chi connectivity index (χ2n) is 7.31. The molecular weight excluding hydrogens is 368 g/mol. The second kappa shape index (κ2) is 8.06. The number of carbonyl (C=O) groups is 1. The number of pyridine rings is 1. The van der Waals surface area contributed by atoms with Crippen molar-refractivity contribution in [2.75, 3.05) is 32.1 Å². The van der Waals surface area contributed by atoms with E-state index in [1.807, 2.05) is 47.7 Å². The van der Waals surface area contributed by atoms with Crippen LogP contribution in [0.15, 0.2) is 36.7 Å². The third-order valence-electron chi connectivity index (χ3n) is 5.48. The number of carbonyl (C=O) groups excluding carboxylic acids is 1. The maximum atomic E-state index is 12.2. The van der Waals surface area contributed by atoms with Gasteiger partial charge in [0.1, 0.15) is 5.82 Å². The number of hydrogen-bond acceptors (Lipinski definition) is 6. The van der Waals surface area contributed by atoms with Crippen molar-refractivity contribution in [3.8, 4) is 17.1 Å². The average Bonchev–Trinajstić information content (AvgIpc) is 3.40. The van der Waals surface area contributed by atoms with Gasteiger partial charge in [-0.15, -0.1) is 5.10 Å². The molecule has 4 rings (SSSR count). The lowest BCUT2D eigenvalue weighted by molar-refractivity contribution is -0.131. The first-order valence-corrected chi connectivity index (χ1v) is 9.97. The normalized spacial score (nSPS) is 16.4. The van der Waals surface area contributed by atoms with Crippen LogP contribution in [0.2, 0.25) is 0 Å². The van der Waals surface area contributed by atoms with Crippen molar-refractivity contribution >= 4 is 17.4 Å². The van der Waals surface area contributed by atoms with E-state index in [2.05, 4.69) is 14.9 Å². The van der Waals surface area contributed by atoms with Crippen molar-refractivity contribution in [2.45, 2.75) is 32.2 Å². The summed E-state index contributed by atoms with van der Waals surface area (Å²) in [5.41, 5.74) is 2.44. The van der Waals surface area contributed by atoms with E-state index in [1.165, 1.54) is 0 Å². The smallest absolute Gasteiger partial charge is 0.222 e. The number of nitrogens with zero attached hydrogens (tertiary/aromatic N) is 6. The molecule has 0 radical (unpaired) electrons. The number of rotatable bonds is 6. The zero-order chi connectivity index (χ0) is 20.4. The Kier molecular flexibility index (Phi) is 5.33. The fourth-order valence-corrected chi connectivity index (χ4v) is 3.82. The zero-order valence-corrected chi connectivity index (χ0v) is 17.1. The Morgan fingerprint density at radius 3 is 2.97 bits per heavy atom. The van der Waals surface area contributed by atoms with Gasteiger partial charge >= 0.3 is 0 Å². The molecule has 0 N–H and O–H groups in total. The molecule has 1 atom stereocenters. The van der Waals surface area contributed by atoms with Gasteiger partial charge in [0, 0.05) is 32.8 Å². The highest BCUT2D eigenvalue weighted by atomic mass is 16.5. The molecular formula is C21H26N6O2. The Bertz CT molecular complexity index is 1020. The fourth-order valence-electron chi connectivity index (χ4n) is 3.82. The van der Waals surface area contributed by atoms with Crippen molar-refractivity contribution in [3.05, 3.63) is 36.7 Å². The number of likely N-dealkylation sites (N-methyl/N-ethyl adjacent to an activating group) is 1. The Hall–Kier alpha value is -3.16. The van der Waals surface area contributed by atoms with E-state index in [1.54, 1.807) is 19.5 Å². The maximum absolute atomic E-state index is 12.2. The molecule has 29 heavy (non-hydrogen) atoms. The molecule has 1 fully saturated rings. The molecule has 1 aliphatic rings. The van der Waals surface area contributed by atoms with E-state index in [4.69, 9.17) is 9.84 Å². The molecule has 1 unspecified atom stereocenters. The first-order chi connectivity index (χ1) is 14.1. The van der Waals surface area contributed by atoms with Gasteiger partial charge in [-0.2, -0.15) is 0 Å². The summed E-state index contributed by atoms with van der Waals surface area (Å²) in [6.45, 7) is 3.68. The predicted molar refractivity (Wildman–Crippen MR) is 111 cm³/mol. The SMILES string of the molecule is CCCC(=O)N(C)C1CCN(c2ccc3ncc(-c4cccnc4OC)n3n2)C1. The van der Waals surface area contributed by atoms with Crippen LogP contribution in [-0.2, 0) is 4.79 Å². The number of anilines is 1. The lowest BCUT2D eigenvalue weighted by atomic mass is 10.2. The summed E-state index contributed by atoms with van der Waals surface area (Å²) in [4.78, 5) is 25.1.